The van der Waals surface area contributed by atoms with Crippen LogP contribution in [0.5, 0.6) is 0 Å². The molecule has 0 aliphatic carbocycles. The second-order valence-corrected chi connectivity index (χ2v) is 3.89. The summed E-state index contributed by atoms with van der Waals surface area (Å²) in [4.78, 5) is 2.56. The molecule has 0 saturated carbocycles. The summed E-state index contributed by atoms with van der Waals surface area (Å²) in [5.74, 6) is 0.718. The van der Waals surface area contributed by atoms with Crippen LogP contribution in [0.4, 0.5) is 0 Å². The lowest BCUT2D eigenvalue weighted by Gasteiger charge is -2.35. The molecule has 0 aliphatic rings. The van der Waals surface area contributed by atoms with Crippen molar-refractivity contribution in [3.8, 4) is 0 Å². The molecule has 3 heteroatoms. The summed E-state index contributed by atoms with van der Waals surface area (Å²) in [6.45, 7) is 11.4. The quantitative estimate of drug-likeness (QED) is 0.529. The van der Waals surface area contributed by atoms with Gasteiger partial charge in [-0.2, -0.15) is 0 Å². The van der Waals surface area contributed by atoms with Crippen molar-refractivity contribution in [3.05, 3.63) is 0 Å². The van der Waals surface area contributed by atoms with Crippen LogP contribution in [0.2, 0.25) is 0 Å². The molecule has 0 aliphatic heterocycles. The fraction of sp³-hybridized carbons (Fsp3) is 1.00. The minimum Gasteiger partial charge on any atom is -0.304 e. The van der Waals surface area contributed by atoms with Crippen molar-refractivity contribution in [1.29, 1.82) is 0 Å². The summed E-state index contributed by atoms with van der Waals surface area (Å²) in [6, 6.07) is 1.34. The van der Waals surface area contributed by atoms with Gasteiger partial charge in [-0.15, -0.1) is 0 Å². The van der Waals surface area contributed by atoms with E-state index in [4.69, 9.17) is 0 Å². The van der Waals surface area contributed by atoms with Gasteiger partial charge in [-0.3, -0.25) is 0 Å². The molecule has 0 saturated heterocycles. The molecule has 0 rings (SSSR count). The van der Waals surface area contributed by atoms with Crippen molar-refractivity contribution in [2.45, 2.75) is 52.6 Å². The van der Waals surface area contributed by atoms with E-state index < -0.39 is 0 Å². The van der Waals surface area contributed by atoms with Crippen molar-refractivity contribution >= 4 is 14.9 Å². The van der Waals surface area contributed by atoms with Crippen molar-refractivity contribution < 1.29 is 0 Å². The Balaban J connectivity index is 4.09. The molecule has 0 radical (unpaired) electrons. The molecular formula is C8H21B2N. The molecular weight excluding hydrogens is 132 g/mol. The molecule has 0 aromatic rings. The van der Waals surface area contributed by atoms with Crippen LogP contribution in [0.1, 0.15) is 34.6 Å². The Bertz CT molecular complexity index is 96.3. The molecule has 11 heavy (non-hydrogen) atoms. The average Bonchev–Trinajstić information content (AvgIpc) is 1.85. The summed E-state index contributed by atoms with van der Waals surface area (Å²) in [5, 5.41) is 0. The van der Waals surface area contributed by atoms with E-state index in [1.165, 1.54) is 7.17 Å². The van der Waals surface area contributed by atoms with Gasteiger partial charge in [0.05, 0.1) is 7.74 Å². The maximum Gasteiger partial charge on any atom is 0.104 e. The Kier molecular flexibility index (Phi) is 4.91. The molecule has 0 N–H and O–H groups in total. The van der Waals surface area contributed by atoms with E-state index in [9.17, 15) is 0 Å². The van der Waals surface area contributed by atoms with E-state index in [0.717, 1.165) is 5.94 Å². The zero-order valence-electron chi connectivity index (χ0n) is 8.89. The molecule has 0 bridgehead atoms. The van der Waals surface area contributed by atoms with Crippen molar-refractivity contribution in [2.24, 2.45) is 0 Å². The van der Waals surface area contributed by atoms with Gasteiger partial charge in [0.1, 0.15) is 7.17 Å². The lowest BCUT2D eigenvalue weighted by molar-refractivity contribution is 0.163. The van der Waals surface area contributed by atoms with Crippen molar-refractivity contribution in [2.75, 3.05) is 0 Å². The van der Waals surface area contributed by atoms with Crippen LogP contribution in [0.3, 0.4) is 0 Å². The van der Waals surface area contributed by atoms with Crippen LogP contribution < -0.4 is 0 Å². The zero-order valence-corrected chi connectivity index (χ0v) is 8.89. The van der Waals surface area contributed by atoms with Crippen LogP contribution in [0.25, 0.3) is 0 Å². The first-order chi connectivity index (χ1) is 5.00. The summed E-state index contributed by atoms with van der Waals surface area (Å²) in [7, 11) is 3.50. The smallest absolute Gasteiger partial charge is 0.104 e. The first kappa shape index (κ1) is 11.1. The molecule has 0 aromatic heterocycles. The lowest BCUT2D eigenvalue weighted by Crippen LogP contribution is -2.46. The van der Waals surface area contributed by atoms with Gasteiger partial charge in [-0.1, -0.05) is 6.92 Å². The predicted octanol–water partition coefficient (Wildman–Crippen LogP) is 0.436. The third-order valence-corrected chi connectivity index (χ3v) is 2.29. The SMILES string of the molecule is BBC(C)N(C(C)C)C(C)C. The van der Waals surface area contributed by atoms with Gasteiger partial charge in [-0.25, -0.2) is 0 Å². The van der Waals surface area contributed by atoms with Crippen LogP contribution in [0.15, 0.2) is 0 Å². The normalized spacial score (nSPS) is 14.5. The highest BCUT2D eigenvalue weighted by molar-refractivity contribution is 6.90. The molecule has 0 amide bonds. The van der Waals surface area contributed by atoms with Gasteiger partial charge < -0.3 is 4.90 Å². The van der Waals surface area contributed by atoms with Crippen LogP contribution in [0, 0.1) is 0 Å². The molecule has 0 heterocycles. The Morgan fingerprint density at radius 3 is 1.45 bits per heavy atom. The first-order valence-electron chi connectivity index (χ1n) is 4.78. The van der Waals surface area contributed by atoms with Gasteiger partial charge in [0, 0.05) is 12.1 Å². The Morgan fingerprint density at radius 1 is 1.00 bits per heavy atom. The Labute approximate surface area is 73.2 Å². The van der Waals surface area contributed by atoms with Gasteiger partial charge in [0.2, 0.25) is 0 Å². The molecule has 1 nitrogen and oxygen atoms in total. The molecule has 0 aromatic carbocycles. The molecule has 1 atom stereocenters. The van der Waals surface area contributed by atoms with Gasteiger partial charge in [0.15, 0.2) is 0 Å². The van der Waals surface area contributed by atoms with E-state index in [1.54, 1.807) is 0 Å². The summed E-state index contributed by atoms with van der Waals surface area (Å²) in [5.41, 5.74) is 0. The lowest BCUT2D eigenvalue weighted by atomic mass is 9.50. The van der Waals surface area contributed by atoms with E-state index in [2.05, 4.69) is 47.3 Å². The maximum absolute atomic E-state index is 2.56. The molecule has 64 valence electrons. The number of nitrogens with zero attached hydrogens (tertiary/aromatic N) is 1. The summed E-state index contributed by atoms with van der Waals surface area (Å²) >= 11 is 0. The minimum absolute atomic E-state index is 0.671. The largest absolute Gasteiger partial charge is 0.304 e. The van der Waals surface area contributed by atoms with Gasteiger partial charge in [-0.05, 0) is 33.6 Å². The monoisotopic (exact) mass is 153 g/mol. The maximum atomic E-state index is 2.56. The Morgan fingerprint density at radius 2 is 1.36 bits per heavy atom. The van der Waals surface area contributed by atoms with Crippen molar-refractivity contribution in [3.63, 3.8) is 0 Å². The molecule has 0 spiro atoms. The zero-order chi connectivity index (χ0) is 9.02. The number of hydrogen-bond donors (Lipinski definition) is 0. The second kappa shape index (κ2) is 4.87. The highest BCUT2D eigenvalue weighted by Crippen LogP contribution is 2.08. The van der Waals surface area contributed by atoms with Crippen LogP contribution >= 0.6 is 0 Å². The van der Waals surface area contributed by atoms with Gasteiger partial charge >= 0.3 is 0 Å². The highest BCUT2D eigenvalue weighted by atomic mass is 15.2. The average molecular weight is 153 g/mol. The standard InChI is InChI=1S/C8H21B2N/c1-6(2)11(7(3)4)8(5)10-9/h6-8,10H,9H2,1-5H3. The summed E-state index contributed by atoms with van der Waals surface area (Å²) < 4.78 is 0. The van der Waals surface area contributed by atoms with Crippen LogP contribution in [-0.4, -0.2) is 37.8 Å². The number of rotatable bonds is 4. The van der Waals surface area contributed by atoms with Gasteiger partial charge in [0.25, 0.3) is 0 Å². The third kappa shape index (κ3) is 3.33. The summed E-state index contributed by atoms with van der Waals surface area (Å²) in [6.07, 6.45) is 0. The van der Waals surface area contributed by atoms with E-state index in [1.807, 2.05) is 0 Å². The fourth-order valence-corrected chi connectivity index (χ4v) is 1.83. The first-order valence-corrected chi connectivity index (χ1v) is 4.78. The predicted molar refractivity (Wildman–Crippen MR) is 57.3 cm³/mol. The van der Waals surface area contributed by atoms with E-state index in [-0.39, 0.29) is 0 Å². The van der Waals surface area contributed by atoms with Crippen LogP contribution in [-0.2, 0) is 0 Å². The minimum atomic E-state index is 0.671. The molecule has 1 unspecified atom stereocenters. The van der Waals surface area contributed by atoms with Crippen molar-refractivity contribution in [1.82, 2.24) is 4.90 Å². The van der Waals surface area contributed by atoms with E-state index >= 15 is 0 Å². The number of hydrogen-bond acceptors (Lipinski definition) is 1. The topological polar surface area (TPSA) is 3.24 Å². The third-order valence-electron chi connectivity index (χ3n) is 2.29. The highest BCUT2D eigenvalue weighted by Gasteiger charge is 2.18. The van der Waals surface area contributed by atoms with E-state index in [0.29, 0.717) is 12.1 Å². The Hall–Kier alpha value is 0.0899. The second-order valence-electron chi connectivity index (χ2n) is 3.89. The fourth-order valence-electron chi connectivity index (χ4n) is 1.83. The molecule has 0 fully saturated rings.